The molecule has 1 heterocycles. The number of carbonyl (C=O) groups is 2. The summed E-state index contributed by atoms with van der Waals surface area (Å²) < 4.78 is -0.462. The second-order valence-electron chi connectivity index (χ2n) is 6.09. The van der Waals surface area contributed by atoms with Crippen molar-refractivity contribution >= 4 is 23.3 Å². The second kappa shape index (κ2) is 5.12. The maximum absolute atomic E-state index is 12.4. The maximum Gasteiger partial charge on any atom is 0.524 e. The fourth-order valence-corrected chi connectivity index (χ4v) is 3.77. The second-order valence-corrected chi connectivity index (χ2v) is 6.09. The number of ketones is 1. The molecule has 4 rings (SSSR count). The summed E-state index contributed by atoms with van der Waals surface area (Å²) in [7, 11) is 0. The highest BCUT2D eigenvalue weighted by Crippen LogP contribution is 2.46. The average molecular weight is 322 g/mol. The lowest BCUT2D eigenvalue weighted by Crippen LogP contribution is -2.55. The molecule has 2 unspecified atom stereocenters. The first-order valence-electron chi connectivity index (χ1n) is 7.80. The zero-order valence-electron chi connectivity index (χ0n) is 12.8. The predicted octanol–water partition coefficient (Wildman–Crippen LogP) is 3.35. The van der Waals surface area contributed by atoms with Crippen LogP contribution < -0.4 is 4.48 Å². The van der Waals surface area contributed by atoms with Gasteiger partial charge in [0.2, 0.25) is 0 Å². The number of aliphatic hydroxyl groups is 1. The molecule has 0 bridgehead atoms. The van der Waals surface area contributed by atoms with Crippen LogP contribution in [0.5, 0.6) is 0 Å². The number of fused-ring (bicyclic) bond motifs is 2. The molecule has 2 aromatic rings. The summed E-state index contributed by atoms with van der Waals surface area (Å²) in [5.41, 5.74) is 2.82. The van der Waals surface area contributed by atoms with Crippen LogP contribution in [0.15, 0.2) is 54.6 Å². The minimum atomic E-state index is -1.05. The van der Waals surface area contributed by atoms with Gasteiger partial charge in [0.25, 0.3) is 0 Å². The Morgan fingerprint density at radius 1 is 1.04 bits per heavy atom. The number of hydrogen-bond donors (Lipinski definition) is 2. The molecule has 0 spiro atoms. The molecule has 1 aliphatic heterocycles. The standard InChI is InChI=1S/C19H15NO4/c21-17-9-10-20(19(23)24,15-8-4-3-7-14(15)17)16-11-18(22)13-6-2-1-5-12(13)16/h1-8,11,18,22H,9-10H2/p+1. The lowest BCUT2D eigenvalue weighted by Gasteiger charge is -2.36. The molecule has 5 heteroatoms. The molecule has 0 aromatic heterocycles. The van der Waals surface area contributed by atoms with Crippen molar-refractivity contribution in [2.24, 2.45) is 0 Å². The van der Waals surface area contributed by atoms with E-state index in [2.05, 4.69) is 0 Å². The molecule has 0 saturated heterocycles. The molecule has 0 fully saturated rings. The topological polar surface area (TPSA) is 74.6 Å². The summed E-state index contributed by atoms with van der Waals surface area (Å²) >= 11 is 0. The summed E-state index contributed by atoms with van der Waals surface area (Å²) in [5, 5.41) is 20.5. The van der Waals surface area contributed by atoms with Crippen LogP contribution in [0.2, 0.25) is 0 Å². The van der Waals surface area contributed by atoms with Gasteiger partial charge >= 0.3 is 6.09 Å². The third-order valence-corrected chi connectivity index (χ3v) is 4.90. The van der Waals surface area contributed by atoms with Crippen molar-refractivity contribution in [2.75, 3.05) is 6.54 Å². The van der Waals surface area contributed by atoms with Gasteiger partial charge in [-0.15, -0.1) is 0 Å². The Balaban J connectivity index is 2.01. The van der Waals surface area contributed by atoms with Crippen molar-refractivity contribution in [3.8, 4) is 0 Å². The minimum Gasteiger partial charge on any atom is -0.435 e. The van der Waals surface area contributed by atoms with Gasteiger partial charge in [0.05, 0.1) is 12.0 Å². The molecule has 5 nitrogen and oxygen atoms in total. The van der Waals surface area contributed by atoms with E-state index in [4.69, 9.17) is 0 Å². The lowest BCUT2D eigenvalue weighted by molar-refractivity contribution is 0.0956. The van der Waals surface area contributed by atoms with E-state index in [1.54, 1.807) is 36.4 Å². The molecule has 2 aliphatic rings. The van der Waals surface area contributed by atoms with Crippen molar-refractivity contribution < 1.29 is 19.8 Å². The Hall–Kier alpha value is -2.76. The SMILES string of the molecule is O=C1CC[N+](C(=O)O)(C2=CC(O)c3ccccc32)c2ccccc21. The molecule has 1 amide bonds. The van der Waals surface area contributed by atoms with E-state index in [0.717, 1.165) is 5.56 Å². The van der Waals surface area contributed by atoms with Crippen molar-refractivity contribution in [3.63, 3.8) is 0 Å². The zero-order chi connectivity index (χ0) is 16.9. The first-order valence-corrected chi connectivity index (χ1v) is 7.80. The number of aliphatic hydroxyl groups excluding tert-OH is 1. The predicted molar refractivity (Wildman–Crippen MR) is 89.5 cm³/mol. The minimum absolute atomic E-state index is 0.0481. The van der Waals surface area contributed by atoms with Crippen molar-refractivity contribution in [3.05, 3.63) is 71.3 Å². The number of carbonyl (C=O) groups excluding carboxylic acids is 1. The fraction of sp³-hybridized carbons (Fsp3) is 0.158. The van der Waals surface area contributed by atoms with Crippen molar-refractivity contribution in [1.29, 1.82) is 0 Å². The van der Waals surface area contributed by atoms with E-state index < -0.39 is 16.7 Å². The van der Waals surface area contributed by atoms with Gasteiger partial charge in [-0.3, -0.25) is 4.79 Å². The molecular formula is C19H16NO4+. The number of benzene rings is 2. The van der Waals surface area contributed by atoms with Crippen LogP contribution in [0.3, 0.4) is 0 Å². The van der Waals surface area contributed by atoms with E-state index in [1.807, 2.05) is 18.2 Å². The molecular weight excluding hydrogens is 306 g/mol. The molecule has 24 heavy (non-hydrogen) atoms. The van der Waals surface area contributed by atoms with Crippen LogP contribution in [-0.4, -0.2) is 28.6 Å². The first-order chi connectivity index (χ1) is 11.6. The van der Waals surface area contributed by atoms with Crippen LogP contribution in [0.4, 0.5) is 10.5 Å². The summed E-state index contributed by atoms with van der Waals surface area (Å²) in [4.78, 5) is 24.6. The summed E-state index contributed by atoms with van der Waals surface area (Å²) in [6.07, 6.45) is -0.148. The van der Waals surface area contributed by atoms with Crippen LogP contribution in [0.25, 0.3) is 5.70 Å². The molecule has 2 aromatic carbocycles. The summed E-state index contributed by atoms with van der Waals surface area (Å²) in [5.74, 6) is -0.0481. The smallest absolute Gasteiger partial charge is 0.435 e. The molecule has 0 saturated carbocycles. The number of quaternary nitrogens is 1. The van der Waals surface area contributed by atoms with Gasteiger partial charge in [0.15, 0.2) is 17.2 Å². The largest absolute Gasteiger partial charge is 0.524 e. The number of amides is 1. The van der Waals surface area contributed by atoms with Gasteiger partial charge < -0.3 is 10.2 Å². The Bertz CT molecular complexity index is 902. The Morgan fingerprint density at radius 2 is 1.71 bits per heavy atom. The summed E-state index contributed by atoms with van der Waals surface area (Å²) in [6, 6.07) is 14.1. The van der Waals surface area contributed by atoms with E-state index in [0.29, 0.717) is 22.5 Å². The van der Waals surface area contributed by atoms with Gasteiger partial charge in [0.1, 0.15) is 12.6 Å². The van der Waals surface area contributed by atoms with Gasteiger partial charge in [-0.2, -0.15) is 9.28 Å². The van der Waals surface area contributed by atoms with Crippen molar-refractivity contribution in [2.45, 2.75) is 12.5 Å². The van der Waals surface area contributed by atoms with Crippen molar-refractivity contribution in [1.82, 2.24) is 4.48 Å². The van der Waals surface area contributed by atoms with Crippen LogP contribution in [0.1, 0.15) is 34.0 Å². The number of para-hydroxylation sites is 1. The molecule has 120 valence electrons. The monoisotopic (exact) mass is 322 g/mol. The van der Waals surface area contributed by atoms with Crippen LogP contribution in [-0.2, 0) is 0 Å². The van der Waals surface area contributed by atoms with E-state index in [9.17, 15) is 19.8 Å². The number of nitrogens with zero attached hydrogens (tertiary/aromatic N) is 1. The quantitative estimate of drug-likeness (QED) is 0.790. The maximum atomic E-state index is 12.4. The van der Waals surface area contributed by atoms with E-state index in [-0.39, 0.29) is 18.7 Å². The highest BCUT2D eigenvalue weighted by molar-refractivity contribution is 6.09. The Morgan fingerprint density at radius 3 is 2.46 bits per heavy atom. The number of hydrogen-bond acceptors (Lipinski definition) is 3. The highest BCUT2D eigenvalue weighted by atomic mass is 16.4. The van der Waals surface area contributed by atoms with Gasteiger partial charge in [-0.25, -0.2) is 0 Å². The molecule has 0 radical (unpaired) electrons. The third-order valence-electron chi connectivity index (χ3n) is 4.90. The van der Waals surface area contributed by atoms with Gasteiger partial charge in [-0.1, -0.05) is 30.3 Å². The van der Waals surface area contributed by atoms with Crippen LogP contribution >= 0.6 is 0 Å². The van der Waals surface area contributed by atoms with E-state index >= 15 is 0 Å². The lowest BCUT2D eigenvalue weighted by atomic mass is 9.95. The highest BCUT2D eigenvalue weighted by Gasteiger charge is 2.51. The molecule has 2 atom stereocenters. The normalized spacial score (nSPS) is 25.0. The van der Waals surface area contributed by atoms with Crippen LogP contribution in [0, 0.1) is 0 Å². The fourth-order valence-electron chi connectivity index (χ4n) is 3.77. The molecule has 1 aliphatic carbocycles. The average Bonchev–Trinajstić information content (AvgIpc) is 2.93. The van der Waals surface area contributed by atoms with E-state index in [1.165, 1.54) is 0 Å². The Labute approximate surface area is 138 Å². The number of Topliss-reactive ketones (excluding diaryl/α,β-unsaturated/α-hetero) is 1. The zero-order valence-corrected chi connectivity index (χ0v) is 12.8. The van der Waals surface area contributed by atoms with Gasteiger partial charge in [0, 0.05) is 17.7 Å². The molecule has 2 N–H and O–H groups in total. The summed E-state index contributed by atoms with van der Waals surface area (Å²) in [6.45, 7) is 0.137. The Kier molecular flexibility index (Phi) is 3.16. The third kappa shape index (κ3) is 1.82. The number of rotatable bonds is 1. The van der Waals surface area contributed by atoms with Gasteiger partial charge in [-0.05, 0) is 17.7 Å². The first kappa shape index (κ1) is 14.8. The number of carboxylic acid groups (broad SMARTS) is 1.